The number of hydrogen-bond donors (Lipinski definition) is 2. The molecule has 3 aliphatic rings. The first-order valence-electron chi connectivity index (χ1n) is 8.41. The minimum atomic E-state index is -0.187. The lowest BCUT2D eigenvalue weighted by molar-refractivity contribution is -0.130. The molecule has 2 saturated heterocycles. The normalized spacial score (nSPS) is 37.5. The molecule has 2 amide bonds. The molecule has 2 N–H and O–H groups in total. The maximum Gasteiger partial charge on any atom is 0.223 e. The number of fused-ring (bicyclic) bond motifs is 1. The monoisotopic (exact) mass is 334 g/mol. The Morgan fingerprint density at radius 2 is 1.79 bits per heavy atom. The molecule has 8 nitrogen and oxygen atoms in total. The number of aromatic nitrogens is 2. The smallest absolute Gasteiger partial charge is 0.223 e. The summed E-state index contributed by atoms with van der Waals surface area (Å²) in [5, 5.41) is 10.1. The zero-order chi connectivity index (χ0) is 16.7. The predicted molar refractivity (Wildman–Crippen MR) is 83.0 cm³/mol. The average Bonchev–Trinajstić information content (AvgIpc) is 3.18. The van der Waals surface area contributed by atoms with Crippen LogP contribution >= 0.6 is 0 Å². The van der Waals surface area contributed by atoms with Gasteiger partial charge in [0.05, 0.1) is 31.3 Å². The van der Waals surface area contributed by atoms with Crippen molar-refractivity contribution in [1.82, 2.24) is 20.4 Å². The molecule has 0 aromatic carbocycles. The van der Waals surface area contributed by atoms with E-state index in [1.165, 1.54) is 6.92 Å². The van der Waals surface area contributed by atoms with Crippen molar-refractivity contribution in [3.05, 3.63) is 18.5 Å². The van der Waals surface area contributed by atoms with Gasteiger partial charge >= 0.3 is 0 Å². The molecule has 130 valence electrons. The van der Waals surface area contributed by atoms with Crippen molar-refractivity contribution < 1.29 is 19.1 Å². The molecule has 1 aromatic heterocycles. The quantitative estimate of drug-likeness (QED) is 0.783. The van der Waals surface area contributed by atoms with E-state index in [0.29, 0.717) is 19.3 Å². The van der Waals surface area contributed by atoms with Crippen molar-refractivity contribution in [3.63, 3.8) is 0 Å². The van der Waals surface area contributed by atoms with Gasteiger partial charge in [0.15, 0.2) is 0 Å². The third-order valence-electron chi connectivity index (χ3n) is 5.15. The van der Waals surface area contributed by atoms with Crippen molar-refractivity contribution in [2.45, 2.75) is 50.1 Å². The Balaban J connectivity index is 1.28. The van der Waals surface area contributed by atoms with Crippen LogP contribution in [0.4, 0.5) is 0 Å². The van der Waals surface area contributed by atoms with Crippen LogP contribution < -0.4 is 10.6 Å². The van der Waals surface area contributed by atoms with E-state index < -0.39 is 0 Å². The van der Waals surface area contributed by atoms with E-state index in [1.807, 2.05) is 16.9 Å². The topological polar surface area (TPSA) is 94.5 Å². The zero-order valence-corrected chi connectivity index (χ0v) is 13.6. The number of nitrogens with zero attached hydrogens (tertiary/aromatic N) is 2. The number of nitrogens with one attached hydrogen (secondary N) is 2. The Hall–Kier alpha value is -1.93. The highest BCUT2D eigenvalue weighted by molar-refractivity contribution is 5.80. The Morgan fingerprint density at radius 3 is 2.38 bits per heavy atom. The number of amides is 2. The van der Waals surface area contributed by atoms with E-state index in [0.717, 1.165) is 12.8 Å². The van der Waals surface area contributed by atoms with Crippen LogP contribution in [0, 0.1) is 5.92 Å². The van der Waals surface area contributed by atoms with Crippen LogP contribution in [-0.4, -0.2) is 59.1 Å². The van der Waals surface area contributed by atoms with Gasteiger partial charge < -0.3 is 20.1 Å². The standard InChI is InChI=1S/C16H22N4O4/c1-9(21)18-12-7-23-15-13(8-24-14(12)15)19-16(22)10-5-11(6-10)20-4-2-3-17-20/h2-4,10-15H,5-8H2,1H3,(H,18,21)(H,19,22)/t10?,11?,12-,13-,14+,15+/m0/s1. The van der Waals surface area contributed by atoms with E-state index in [2.05, 4.69) is 15.7 Å². The molecule has 0 spiro atoms. The van der Waals surface area contributed by atoms with E-state index in [9.17, 15) is 9.59 Å². The summed E-state index contributed by atoms with van der Waals surface area (Å²) in [6.45, 7) is 2.33. The lowest BCUT2D eigenvalue weighted by Crippen LogP contribution is -2.49. The Bertz CT molecular complexity index is 614. The van der Waals surface area contributed by atoms with Crippen LogP contribution in [-0.2, 0) is 19.1 Å². The van der Waals surface area contributed by atoms with Crippen LogP contribution in [0.3, 0.4) is 0 Å². The van der Waals surface area contributed by atoms with Crippen LogP contribution in [0.1, 0.15) is 25.8 Å². The fourth-order valence-electron chi connectivity index (χ4n) is 3.82. The third kappa shape index (κ3) is 2.80. The van der Waals surface area contributed by atoms with Crippen LogP contribution in [0.5, 0.6) is 0 Å². The molecule has 4 rings (SSSR count). The summed E-state index contributed by atoms with van der Waals surface area (Å²) in [5.74, 6) is -0.0236. The van der Waals surface area contributed by atoms with Gasteiger partial charge in [0.1, 0.15) is 12.2 Å². The minimum Gasteiger partial charge on any atom is -0.371 e. The maximum absolute atomic E-state index is 12.4. The molecule has 1 aromatic rings. The predicted octanol–water partition coefficient (Wildman–Crippen LogP) is -0.379. The maximum atomic E-state index is 12.4. The van der Waals surface area contributed by atoms with Crippen molar-refractivity contribution in [2.75, 3.05) is 13.2 Å². The molecule has 1 saturated carbocycles. The highest BCUT2D eigenvalue weighted by Gasteiger charge is 2.49. The Labute approximate surface area is 139 Å². The van der Waals surface area contributed by atoms with Gasteiger partial charge in [-0.2, -0.15) is 5.10 Å². The van der Waals surface area contributed by atoms with Crippen LogP contribution in [0.15, 0.2) is 18.5 Å². The molecule has 0 bridgehead atoms. The first-order chi connectivity index (χ1) is 11.6. The second kappa shape index (κ2) is 6.18. The molecule has 0 radical (unpaired) electrons. The number of ether oxygens (including phenoxy) is 2. The largest absolute Gasteiger partial charge is 0.371 e. The molecule has 2 aliphatic heterocycles. The lowest BCUT2D eigenvalue weighted by Gasteiger charge is -2.35. The molecule has 8 heteroatoms. The molecule has 1 aliphatic carbocycles. The highest BCUT2D eigenvalue weighted by atomic mass is 16.6. The van der Waals surface area contributed by atoms with Gasteiger partial charge in [-0.1, -0.05) is 0 Å². The van der Waals surface area contributed by atoms with E-state index >= 15 is 0 Å². The molecule has 0 unspecified atom stereocenters. The van der Waals surface area contributed by atoms with Crippen LogP contribution in [0.2, 0.25) is 0 Å². The summed E-state index contributed by atoms with van der Waals surface area (Å²) in [6.07, 6.45) is 4.94. The third-order valence-corrected chi connectivity index (χ3v) is 5.15. The van der Waals surface area contributed by atoms with Gasteiger partial charge in [0.25, 0.3) is 0 Å². The summed E-state index contributed by atoms with van der Waals surface area (Å²) >= 11 is 0. The number of carbonyl (C=O) groups is 2. The fourth-order valence-corrected chi connectivity index (χ4v) is 3.82. The second-order valence-corrected chi connectivity index (χ2v) is 6.83. The van der Waals surface area contributed by atoms with Crippen molar-refractivity contribution >= 4 is 11.8 Å². The van der Waals surface area contributed by atoms with Gasteiger partial charge in [-0.25, -0.2) is 0 Å². The minimum absolute atomic E-state index is 0.0193. The summed E-state index contributed by atoms with van der Waals surface area (Å²) in [7, 11) is 0. The summed E-state index contributed by atoms with van der Waals surface area (Å²) in [5.41, 5.74) is 0. The van der Waals surface area contributed by atoms with E-state index in [1.54, 1.807) is 6.20 Å². The van der Waals surface area contributed by atoms with Gasteiger partial charge in [0, 0.05) is 25.2 Å². The first-order valence-corrected chi connectivity index (χ1v) is 8.41. The second-order valence-electron chi connectivity index (χ2n) is 6.83. The molecular weight excluding hydrogens is 312 g/mol. The van der Waals surface area contributed by atoms with E-state index in [4.69, 9.17) is 9.47 Å². The highest BCUT2D eigenvalue weighted by Crippen LogP contribution is 2.37. The first kappa shape index (κ1) is 15.6. The molecule has 4 atom stereocenters. The number of hydrogen-bond acceptors (Lipinski definition) is 5. The van der Waals surface area contributed by atoms with E-state index in [-0.39, 0.29) is 42.0 Å². The molecule has 24 heavy (non-hydrogen) atoms. The number of carbonyl (C=O) groups excluding carboxylic acids is 2. The summed E-state index contributed by atoms with van der Waals surface area (Å²) < 4.78 is 13.4. The average molecular weight is 334 g/mol. The summed E-state index contributed by atoms with van der Waals surface area (Å²) in [4.78, 5) is 23.6. The summed E-state index contributed by atoms with van der Waals surface area (Å²) in [6, 6.07) is 1.93. The lowest BCUT2D eigenvalue weighted by atomic mass is 9.79. The fraction of sp³-hybridized carbons (Fsp3) is 0.688. The number of rotatable bonds is 4. The zero-order valence-electron chi connectivity index (χ0n) is 13.6. The Morgan fingerprint density at radius 1 is 1.12 bits per heavy atom. The van der Waals surface area contributed by atoms with Crippen LogP contribution in [0.25, 0.3) is 0 Å². The van der Waals surface area contributed by atoms with Crippen molar-refractivity contribution in [1.29, 1.82) is 0 Å². The van der Waals surface area contributed by atoms with Crippen molar-refractivity contribution in [3.8, 4) is 0 Å². The van der Waals surface area contributed by atoms with Gasteiger partial charge in [-0.15, -0.1) is 0 Å². The van der Waals surface area contributed by atoms with Crippen molar-refractivity contribution in [2.24, 2.45) is 5.92 Å². The molecular formula is C16H22N4O4. The Kier molecular flexibility index (Phi) is 4.01. The SMILES string of the molecule is CC(=O)N[C@H]1CO[C@H]2[C@@H]1OC[C@@H]2NC(=O)C1CC(n2cccn2)C1. The van der Waals surface area contributed by atoms with Gasteiger partial charge in [-0.05, 0) is 18.9 Å². The van der Waals surface area contributed by atoms with Gasteiger partial charge in [-0.3, -0.25) is 14.3 Å². The molecule has 3 heterocycles. The van der Waals surface area contributed by atoms with Gasteiger partial charge in [0.2, 0.25) is 11.8 Å². The molecule has 3 fully saturated rings.